The predicted molar refractivity (Wildman–Crippen MR) is 64.7 cm³/mol. The zero-order valence-corrected chi connectivity index (χ0v) is 10.2. The van der Waals surface area contributed by atoms with E-state index in [4.69, 9.17) is 0 Å². The molecule has 0 unspecified atom stereocenters. The van der Waals surface area contributed by atoms with Gasteiger partial charge in [-0.15, -0.1) is 0 Å². The molecule has 3 nitrogen and oxygen atoms in total. The number of carbonyl (C=O) groups is 1. The molecule has 0 saturated carbocycles. The summed E-state index contributed by atoms with van der Waals surface area (Å²) in [4.78, 5) is 13.6. The topological polar surface area (TPSA) is 40.5 Å². The third-order valence-corrected chi connectivity index (χ3v) is 2.58. The average molecular weight is 221 g/mol. The predicted octanol–water partition coefficient (Wildman–Crippen LogP) is 2.57. The number of rotatable bonds is 4. The minimum atomic E-state index is -0.116. The summed E-state index contributed by atoms with van der Waals surface area (Å²) >= 11 is 0. The number of nitrogens with zero attached hydrogens (tertiary/aromatic N) is 1. The number of phenolic OH excluding ortho intramolecular Hbond substituents is 1. The lowest BCUT2D eigenvalue weighted by Gasteiger charge is -2.17. The van der Waals surface area contributed by atoms with Crippen molar-refractivity contribution in [1.29, 1.82) is 0 Å². The summed E-state index contributed by atoms with van der Waals surface area (Å²) in [5.41, 5.74) is 1.36. The smallest absolute Gasteiger partial charge is 0.257 e. The Kier molecular flexibility index (Phi) is 4.35. The fourth-order valence-electron chi connectivity index (χ4n) is 1.52. The number of hydrogen-bond acceptors (Lipinski definition) is 2. The SMILES string of the molecule is CCCCN(C)C(=O)c1cc(C)ccc1O. The maximum Gasteiger partial charge on any atom is 0.257 e. The van der Waals surface area contributed by atoms with E-state index in [0.717, 1.165) is 24.9 Å². The fraction of sp³-hybridized carbons (Fsp3) is 0.462. The Balaban J connectivity index is 2.83. The maximum absolute atomic E-state index is 12.0. The highest BCUT2D eigenvalue weighted by Crippen LogP contribution is 2.19. The summed E-state index contributed by atoms with van der Waals surface area (Å²) in [6, 6.07) is 5.08. The van der Waals surface area contributed by atoms with Gasteiger partial charge in [0.05, 0.1) is 5.56 Å². The van der Waals surface area contributed by atoms with Crippen molar-refractivity contribution in [1.82, 2.24) is 4.90 Å². The zero-order valence-electron chi connectivity index (χ0n) is 10.2. The van der Waals surface area contributed by atoms with Crippen molar-refractivity contribution in [3.8, 4) is 5.75 Å². The first kappa shape index (κ1) is 12.6. The number of phenols is 1. The molecule has 0 heterocycles. The largest absolute Gasteiger partial charge is 0.507 e. The minimum absolute atomic E-state index is 0.0546. The first-order valence-electron chi connectivity index (χ1n) is 5.61. The first-order chi connectivity index (χ1) is 7.56. The maximum atomic E-state index is 12.0. The van der Waals surface area contributed by atoms with Crippen LogP contribution in [-0.2, 0) is 0 Å². The molecule has 88 valence electrons. The summed E-state index contributed by atoms with van der Waals surface area (Å²) in [5.74, 6) is -0.0615. The molecule has 3 heteroatoms. The minimum Gasteiger partial charge on any atom is -0.507 e. The molecule has 0 aliphatic carbocycles. The van der Waals surface area contributed by atoms with E-state index in [1.165, 1.54) is 0 Å². The van der Waals surface area contributed by atoms with Gasteiger partial charge in [0.15, 0.2) is 0 Å². The molecule has 0 aliphatic rings. The van der Waals surface area contributed by atoms with E-state index in [-0.39, 0.29) is 11.7 Å². The fourth-order valence-corrected chi connectivity index (χ4v) is 1.52. The zero-order chi connectivity index (χ0) is 12.1. The Morgan fingerprint density at radius 2 is 2.12 bits per heavy atom. The Hall–Kier alpha value is -1.51. The summed E-state index contributed by atoms with van der Waals surface area (Å²) in [6.45, 7) is 4.72. The lowest BCUT2D eigenvalue weighted by molar-refractivity contribution is 0.0790. The Bertz CT molecular complexity index is 374. The average Bonchev–Trinajstić information content (AvgIpc) is 2.28. The van der Waals surface area contributed by atoms with Crippen molar-refractivity contribution in [2.24, 2.45) is 0 Å². The molecule has 0 aliphatic heterocycles. The van der Waals surface area contributed by atoms with Gasteiger partial charge in [0, 0.05) is 13.6 Å². The Morgan fingerprint density at radius 3 is 2.75 bits per heavy atom. The second-order valence-electron chi connectivity index (χ2n) is 4.10. The number of hydrogen-bond donors (Lipinski definition) is 1. The molecule has 0 bridgehead atoms. The van der Waals surface area contributed by atoms with Crippen LogP contribution in [0.3, 0.4) is 0 Å². The molecule has 0 spiro atoms. The monoisotopic (exact) mass is 221 g/mol. The van der Waals surface area contributed by atoms with Gasteiger partial charge in [-0.1, -0.05) is 25.0 Å². The van der Waals surface area contributed by atoms with Gasteiger partial charge in [-0.25, -0.2) is 0 Å². The van der Waals surface area contributed by atoms with E-state index in [2.05, 4.69) is 6.92 Å². The van der Waals surface area contributed by atoms with Crippen molar-refractivity contribution in [2.45, 2.75) is 26.7 Å². The van der Waals surface area contributed by atoms with Gasteiger partial charge in [-0.05, 0) is 25.5 Å². The summed E-state index contributed by atoms with van der Waals surface area (Å²) < 4.78 is 0. The van der Waals surface area contributed by atoms with E-state index in [1.807, 2.05) is 6.92 Å². The van der Waals surface area contributed by atoms with Crippen LogP contribution in [0.15, 0.2) is 18.2 Å². The molecule has 16 heavy (non-hydrogen) atoms. The molecule has 1 aromatic carbocycles. The van der Waals surface area contributed by atoms with E-state index in [0.29, 0.717) is 5.56 Å². The van der Waals surface area contributed by atoms with Crippen LogP contribution in [-0.4, -0.2) is 29.5 Å². The molecule has 0 atom stereocenters. The van der Waals surface area contributed by atoms with Crippen LogP contribution in [0.5, 0.6) is 5.75 Å². The van der Waals surface area contributed by atoms with Crippen LogP contribution >= 0.6 is 0 Å². The summed E-state index contributed by atoms with van der Waals surface area (Å²) in [6.07, 6.45) is 2.03. The van der Waals surface area contributed by atoms with Crippen molar-refractivity contribution in [2.75, 3.05) is 13.6 Å². The third-order valence-electron chi connectivity index (χ3n) is 2.58. The number of unbranched alkanes of at least 4 members (excludes halogenated alkanes) is 1. The molecular weight excluding hydrogens is 202 g/mol. The van der Waals surface area contributed by atoms with Gasteiger partial charge >= 0.3 is 0 Å². The highest BCUT2D eigenvalue weighted by Gasteiger charge is 2.15. The number of amides is 1. The van der Waals surface area contributed by atoms with Crippen molar-refractivity contribution < 1.29 is 9.90 Å². The quantitative estimate of drug-likeness (QED) is 0.849. The van der Waals surface area contributed by atoms with E-state index in [9.17, 15) is 9.90 Å². The van der Waals surface area contributed by atoms with Gasteiger partial charge in [-0.2, -0.15) is 0 Å². The highest BCUT2D eigenvalue weighted by molar-refractivity contribution is 5.96. The van der Waals surface area contributed by atoms with Crippen molar-refractivity contribution in [3.63, 3.8) is 0 Å². The van der Waals surface area contributed by atoms with Crippen molar-refractivity contribution in [3.05, 3.63) is 29.3 Å². The van der Waals surface area contributed by atoms with Crippen molar-refractivity contribution >= 4 is 5.91 Å². The first-order valence-corrected chi connectivity index (χ1v) is 5.61. The number of aromatic hydroxyl groups is 1. The van der Waals surface area contributed by atoms with Gasteiger partial charge in [-0.3, -0.25) is 4.79 Å². The van der Waals surface area contributed by atoms with E-state index in [1.54, 1.807) is 30.1 Å². The van der Waals surface area contributed by atoms with E-state index < -0.39 is 0 Å². The molecule has 0 saturated heterocycles. The van der Waals surface area contributed by atoms with Crippen LogP contribution in [0.2, 0.25) is 0 Å². The Morgan fingerprint density at radius 1 is 1.44 bits per heavy atom. The van der Waals surface area contributed by atoms with Gasteiger partial charge in [0.1, 0.15) is 5.75 Å². The third kappa shape index (κ3) is 2.99. The Labute approximate surface area is 96.7 Å². The molecule has 1 N–H and O–H groups in total. The van der Waals surface area contributed by atoms with Crippen LogP contribution in [0.4, 0.5) is 0 Å². The molecule has 1 amide bonds. The summed E-state index contributed by atoms with van der Waals surface area (Å²) in [7, 11) is 1.76. The molecule has 1 rings (SSSR count). The standard InChI is InChI=1S/C13H19NO2/c1-4-5-8-14(3)13(16)11-9-10(2)6-7-12(11)15/h6-7,9,15H,4-5,8H2,1-3H3. The van der Waals surface area contributed by atoms with Gasteiger partial charge in [0.2, 0.25) is 0 Å². The molecule has 0 fully saturated rings. The van der Waals surface area contributed by atoms with Crippen LogP contribution in [0.1, 0.15) is 35.7 Å². The van der Waals surface area contributed by atoms with Gasteiger partial charge < -0.3 is 10.0 Å². The number of benzene rings is 1. The summed E-state index contributed by atoms with van der Waals surface area (Å²) in [5, 5.41) is 9.63. The van der Waals surface area contributed by atoms with Crippen LogP contribution < -0.4 is 0 Å². The second-order valence-corrected chi connectivity index (χ2v) is 4.10. The van der Waals surface area contributed by atoms with Crippen LogP contribution in [0.25, 0.3) is 0 Å². The molecule has 0 aromatic heterocycles. The number of carbonyl (C=O) groups excluding carboxylic acids is 1. The molecule has 1 aromatic rings. The highest BCUT2D eigenvalue weighted by atomic mass is 16.3. The van der Waals surface area contributed by atoms with Gasteiger partial charge in [0.25, 0.3) is 5.91 Å². The molecule has 0 radical (unpaired) electrons. The van der Waals surface area contributed by atoms with Crippen LogP contribution in [0, 0.1) is 6.92 Å². The second kappa shape index (κ2) is 5.54. The molecular formula is C13H19NO2. The normalized spacial score (nSPS) is 10.2. The number of aryl methyl sites for hydroxylation is 1. The lowest BCUT2D eigenvalue weighted by Crippen LogP contribution is -2.27. The van der Waals surface area contributed by atoms with E-state index >= 15 is 0 Å². The lowest BCUT2D eigenvalue weighted by atomic mass is 10.1.